The fourth-order valence-corrected chi connectivity index (χ4v) is 2.69. The van der Waals surface area contributed by atoms with E-state index in [1.165, 1.54) is 12.1 Å². The number of para-hydroxylation sites is 1. The summed E-state index contributed by atoms with van der Waals surface area (Å²) in [6.45, 7) is 2.21. The Morgan fingerprint density at radius 3 is 2.78 bits per heavy atom. The lowest BCUT2D eigenvalue weighted by Gasteiger charge is -2.11. The van der Waals surface area contributed by atoms with Crippen molar-refractivity contribution < 1.29 is 13.9 Å². The number of fused-ring (bicyclic) bond motifs is 1. The number of carbonyl (C=O) groups is 1. The number of nitrogens with zero attached hydrogens (tertiary/aromatic N) is 1. The van der Waals surface area contributed by atoms with Crippen LogP contribution in [0.3, 0.4) is 0 Å². The lowest BCUT2D eigenvalue weighted by molar-refractivity contribution is 0.198. The molecule has 6 heteroatoms. The highest BCUT2D eigenvalue weighted by atomic mass is 35.5. The molecular formula is C17H14ClFN2O2. The van der Waals surface area contributed by atoms with E-state index in [2.05, 4.69) is 5.32 Å². The highest BCUT2D eigenvalue weighted by Crippen LogP contribution is 2.38. The van der Waals surface area contributed by atoms with Crippen LogP contribution in [0.15, 0.2) is 48.5 Å². The summed E-state index contributed by atoms with van der Waals surface area (Å²) in [5, 5.41) is 3.57. The van der Waals surface area contributed by atoms with Gasteiger partial charge < -0.3 is 10.1 Å². The Labute approximate surface area is 137 Å². The van der Waals surface area contributed by atoms with Gasteiger partial charge in [-0.1, -0.05) is 35.9 Å². The van der Waals surface area contributed by atoms with Gasteiger partial charge in [-0.05, 0) is 31.2 Å². The molecule has 0 unspecified atom stereocenters. The Hall–Kier alpha value is -2.53. The molecule has 0 bridgehead atoms. The summed E-state index contributed by atoms with van der Waals surface area (Å²) in [6, 6.07) is 13.3. The molecule has 0 radical (unpaired) electrons. The maximum atomic E-state index is 13.6. The molecule has 1 aromatic heterocycles. The topological polar surface area (TPSA) is 43.3 Å². The molecular weight excluding hydrogens is 319 g/mol. The number of rotatable bonds is 3. The first kappa shape index (κ1) is 15.4. The highest BCUT2D eigenvalue weighted by molar-refractivity contribution is 6.37. The van der Waals surface area contributed by atoms with Crippen LogP contribution < -0.4 is 10.1 Å². The molecule has 0 fully saturated rings. The highest BCUT2D eigenvalue weighted by Gasteiger charge is 2.20. The number of hydrogen-bond acceptors (Lipinski definition) is 2. The molecule has 0 aliphatic rings. The number of benzene rings is 2. The zero-order chi connectivity index (χ0) is 16.4. The molecule has 0 saturated carbocycles. The van der Waals surface area contributed by atoms with E-state index in [9.17, 15) is 9.18 Å². The van der Waals surface area contributed by atoms with E-state index in [0.717, 1.165) is 10.9 Å². The predicted molar refractivity (Wildman–Crippen MR) is 87.9 cm³/mol. The summed E-state index contributed by atoms with van der Waals surface area (Å²) in [6.07, 6.45) is -0.616. The number of halogens is 2. The van der Waals surface area contributed by atoms with Crippen LogP contribution in [0.2, 0.25) is 5.02 Å². The molecule has 1 N–H and O–H groups in total. The average molecular weight is 333 g/mol. The first-order chi connectivity index (χ1) is 11.1. The van der Waals surface area contributed by atoms with E-state index in [0.29, 0.717) is 17.3 Å². The van der Waals surface area contributed by atoms with E-state index in [-0.39, 0.29) is 11.7 Å². The fourth-order valence-electron chi connectivity index (χ4n) is 2.41. The zero-order valence-corrected chi connectivity index (χ0v) is 13.1. The van der Waals surface area contributed by atoms with Gasteiger partial charge in [0, 0.05) is 11.9 Å². The molecule has 0 spiro atoms. The van der Waals surface area contributed by atoms with Crippen LogP contribution in [0.4, 0.5) is 9.18 Å². The van der Waals surface area contributed by atoms with Gasteiger partial charge in [0.2, 0.25) is 5.88 Å². The van der Waals surface area contributed by atoms with Gasteiger partial charge in [-0.2, -0.15) is 0 Å². The van der Waals surface area contributed by atoms with Crippen molar-refractivity contribution >= 4 is 28.6 Å². The van der Waals surface area contributed by atoms with E-state index in [1.807, 2.05) is 24.3 Å². The third kappa shape index (κ3) is 2.87. The molecule has 0 aliphatic carbocycles. The molecule has 3 aromatic rings. The monoisotopic (exact) mass is 332 g/mol. The molecule has 3 rings (SSSR count). The van der Waals surface area contributed by atoms with Gasteiger partial charge in [-0.3, -0.25) is 4.57 Å². The number of aromatic nitrogens is 1. The molecule has 23 heavy (non-hydrogen) atoms. The Morgan fingerprint density at radius 2 is 2.04 bits per heavy atom. The van der Waals surface area contributed by atoms with E-state index in [4.69, 9.17) is 16.3 Å². The van der Waals surface area contributed by atoms with Crippen molar-refractivity contribution in [2.24, 2.45) is 0 Å². The number of amides is 1. The van der Waals surface area contributed by atoms with Crippen LogP contribution >= 0.6 is 11.6 Å². The van der Waals surface area contributed by atoms with Crippen molar-refractivity contribution in [3.05, 3.63) is 59.4 Å². The van der Waals surface area contributed by atoms with E-state index >= 15 is 0 Å². The quantitative estimate of drug-likeness (QED) is 0.765. The van der Waals surface area contributed by atoms with Crippen LogP contribution in [0.5, 0.6) is 5.88 Å². The van der Waals surface area contributed by atoms with Crippen molar-refractivity contribution in [2.75, 3.05) is 6.54 Å². The zero-order valence-electron chi connectivity index (χ0n) is 12.3. The normalized spacial score (nSPS) is 10.7. The molecule has 1 heterocycles. The van der Waals surface area contributed by atoms with Crippen molar-refractivity contribution in [2.45, 2.75) is 6.92 Å². The predicted octanol–water partition coefficient (Wildman–Crippen LogP) is 4.53. The molecule has 0 aliphatic heterocycles. The van der Waals surface area contributed by atoms with Gasteiger partial charge in [-0.15, -0.1) is 0 Å². The number of hydrogen-bond donors (Lipinski definition) is 1. The van der Waals surface area contributed by atoms with E-state index in [1.54, 1.807) is 23.6 Å². The molecule has 0 saturated heterocycles. The van der Waals surface area contributed by atoms with Crippen molar-refractivity contribution in [3.63, 3.8) is 0 Å². The number of ether oxygens (including phenoxy) is 1. The summed E-state index contributed by atoms with van der Waals surface area (Å²) >= 11 is 6.38. The van der Waals surface area contributed by atoms with Gasteiger partial charge >= 0.3 is 6.09 Å². The van der Waals surface area contributed by atoms with Gasteiger partial charge in [-0.25, -0.2) is 9.18 Å². The molecule has 4 nitrogen and oxygen atoms in total. The standard InChI is InChI=1S/C17H14ClFN2O2/c1-2-20-17(22)23-16-15(18)13-8-3-4-9-14(13)21(16)12-7-5-6-11(19)10-12/h3-10H,2H2,1H3,(H,20,22). The van der Waals surface area contributed by atoms with Crippen molar-refractivity contribution in [3.8, 4) is 11.6 Å². The van der Waals surface area contributed by atoms with Crippen LogP contribution in [0.25, 0.3) is 16.6 Å². The maximum Gasteiger partial charge on any atom is 0.413 e. The Kier molecular flexibility index (Phi) is 4.21. The molecule has 1 amide bonds. The Bertz CT molecular complexity index is 876. The van der Waals surface area contributed by atoms with Crippen LogP contribution in [-0.4, -0.2) is 17.2 Å². The van der Waals surface area contributed by atoms with Gasteiger partial charge in [0.05, 0.1) is 11.2 Å². The summed E-state index contributed by atoms with van der Waals surface area (Å²) in [7, 11) is 0. The molecule has 2 aromatic carbocycles. The van der Waals surface area contributed by atoms with Crippen molar-refractivity contribution in [1.29, 1.82) is 0 Å². The first-order valence-corrected chi connectivity index (χ1v) is 7.50. The second-order valence-corrected chi connectivity index (χ2v) is 5.25. The summed E-state index contributed by atoms with van der Waals surface area (Å²) in [5.41, 5.74) is 1.25. The number of nitrogens with one attached hydrogen (secondary N) is 1. The Balaban J connectivity index is 2.23. The smallest absolute Gasteiger partial charge is 0.391 e. The minimum Gasteiger partial charge on any atom is -0.391 e. The molecule has 0 atom stereocenters. The first-order valence-electron chi connectivity index (χ1n) is 7.12. The Morgan fingerprint density at radius 1 is 1.26 bits per heavy atom. The average Bonchev–Trinajstić information content (AvgIpc) is 2.81. The van der Waals surface area contributed by atoms with Crippen molar-refractivity contribution in [1.82, 2.24) is 9.88 Å². The summed E-state index contributed by atoms with van der Waals surface area (Å²) in [4.78, 5) is 11.8. The molecule has 118 valence electrons. The van der Waals surface area contributed by atoms with Crippen LogP contribution in [0, 0.1) is 5.82 Å². The lowest BCUT2D eigenvalue weighted by atomic mass is 10.2. The summed E-state index contributed by atoms with van der Waals surface area (Å²) < 4.78 is 20.6. The minimum absolute atomic E-state index is 0.157. The minimum atomic E-state index is -0.616. The summed E-state index contributed by atoms with van der Waals surface area (Å²) in [5.74, 6) is -0.232. The largest absolute Gasteiger partial charge is 0.413 e. The SMILES string of the molecule is CCNC(=O)Oc1c(Cl)c2ccccc2n1-c1cccc(F)c1. The fraction of sp³-hybridized carbons (Fsp3) is 0.118. The van der Waals surface area contributed by atoms with Gasteiger partial charge in [0.25, 0.3) is 0 Å². The van der Waals surface area contributed by atoms with Crippen LogP contribution in [-0.2, 0) is 0 Å². The third-order valence-electron chi connectivity index (χ3n) is 3.35. The third-order valence-corrected chi connectivity index (χ3v) is 3.71. The van der Waals surface area contributed by atoms with Crippen LogP contribution in [0.1, 0.15) is 6.92 Å². The second kappa shape index (κ2) is 6.30. The lowest BCUT2D eigenvalue weighted by Crippen LogP contribution is -2.27. The second-order valence-electron chi connectivity index (χ2n) is 4.87. The van der Waals surface area contributed by atoms with Gasteiger partial charge in [0.1, 0.15) is 10.8 Å². The maximum absolute atomic E-state index is 13.6. The van der Waals surface area contributed by atoms with Gasteiger partial charge in [0.15, 0.2) is 0 Å². The van der Waals surface area contributed by atoms with E-state index < -0.39 is 6.09 Å². The number of carbonyl (C=O) groups excluding carboxylic acids is 1.